The minimum Gasteiger partial charge on any atom is -0.392 e. The lowest BCUT2D eigenvalue weighted by molar-refractivity contribution is 0.192. The second-order valence-corrected chi connectivity index (χ2v) is 7.01. The second-order valence-electron chi connectivity index (χ2n) is 4.36. The van der Waals surface area contributed by atoms with Gasteiger partial charge in [0, 0.05) is 24.1 Å². The topological polar surface area (TPSA) is 78.4 Å². The molecule has 108 valence electrons. The molecule has 0 spiro atoms. The van der Waals surface area contributed by atoms with Crippen LogP contribution in [0.1, 0.15) is 12.5 Å². The van der Waals surface area contributed by atoms with Crippen molar-refractivity contribution >= 4 is 26.0 Å². The summed E-state index contributed by atoms with van der Waals surface area (Å²) >= 11 is 3.27. The molecule has 0 bridgehead atoms. The van der Waals surface area contributed by atoms with Crippen molar-refractivity contribution in [3.8, 4) is 0 Å². The zero-order valence-electron chi connectivity index (χ0n) is 11.0. The minimum atomic E-state index is -3.50. The first kappa shape index (κ1) is 16.6. The fourth-order valence-electron chi connectivity index (χ4n) is 1.53. The molecular formula is C12H19BrN2O3S. The Morgan fingerprint density at radius 1 is 1.37 bits per heavy atom. The largest absolute Gasteiger partial charge is 0.392 e. The normalized spacial score (nSPS) is 13.5. The van der Waals surface area contributed by atoms with Gasteiger partial charge in [0.25, 0.3) is 0 Å². The third kappa shape index (κ3) is 5.58. The molecule has 0 radical (unpaired) electrons. The van der Waals surface area contributed by atoms with Crippen LogP contribution in [0.5, 0.6) is 0 Å². The SMILES string of the molecule is Cc1ccc(Br)cc1S(=O)(=O)NCCNCC(C)O. The Hall–Kier alpha value is -0.470. The van der Waals surface area contributed by atoms with Crippen LogP contribution in [-0.2, 0) is 10.0 Å². The van der Waals surface area contributed by atoms with Gasteiger partial charge in [0.1, 0.15) is 0 Å². The van der Waals surface area contributed by atoms with Gasteiger partial charge in [-0.15, -0.1) is 0 Å². The Balaban J connectivity index is 2.59. The fourth-order valence-corrected chi connectivity index (χ4v) is 3.34. The number of rotatable bonds is 7. The molecule has 1 unspecified atom stereocenters. The van der Waals surface area contributed by atoms with Crippen molar-refractivity contribution < 1.29 is 13.5 Å². The van der Waals surface area contributed by atoms with Gasteiger partial charge in [-0.3, -0.25) is 0 Å². The Morgan fingerprint density at radius 3 is 2.68 bits per heavy atom. The maximum Gasteiger partial charge on any atom is 0.240 e. The van der Waals surface area contributed by atoms with Gasteiger partial charge in [0.2, 0.25) is 10.0 Å². The van der Waals surface area contributed by atoms with Crippen LogP contribution in [0, 0.1) is 6.92 Å². The first-order valence-electron chi connectivity index (χ1n) is 5.97. The van der Waals surface area contributed by atoms with Crippen molar-refractivity contribution in [2.45, 2.75) is 24.8 Å². The Morgan fingerprint density at radius 2 is 2.05 bits per heavy atom. The first-order valence-corrected chi connectivity index (χ1v) is 8.25. The highest BCUT2D eigenvalue weighted by Crippen LogP contribution is 2.20. The lowest BCUT2D eigenvalue weighted by Crippen LogP contribution is -2.34. The maximum atomic E-state index is 12.1. The number of hydrogen-bond acceptors (Lipinski definition) is 4. The molecule has 0 aromatic heterocycles. The third-order valence-electron chi connectivity index (χ3n) is 2.47. The Kier molecular flexibility index (Phi) is 6.41. The van der Waals surface area contributed by atoms with E-state index in [1.165, 1.54) is 0 Å². The summed E-state index contributed by atoms with van der Waals surface area (Å²) in [5.74, 6) is 0. The molecule has 1 atom stereocenters. The van der Waals surface area contributed by atoms with Crippen molar-refractivity contribution in [2.75, 3.05) is 19.6 Å². The zero-order valence-corrected chi connectivity index (χ0v) is 13.4. The highest BCUT2D eigenvalue weighted by atomic mass is 79.9. The molecule has 1 aromatic carbocycles. The van der Waals surface area contributed by atoms with Gasteiger partial charge >= 0.3 is 0 Å². The van der Waals surface area contributed by atoms with Gasteiger partial charge in [-0.05, 0) is 31.5 Å². The number of nitrogens with one attached hydrogen (secondary N) is 2. The second kappa shape index (κ2) is 7.35. The molecule has 1 rings (SSSR count). The van der Waals surface area contributed by atoms with E-state index < -0.39 is 16.1 Å². The molecule has 1 aromatic rings. The van der Waals surface area contributed by atoms with Crippen LogP contribution in [-0.4, -0.2) is 39.3 Å². The summed E-state index contributed by atoms with van der Waals surface area (Å²) in [4.78, 5) is 0.275. The summed E-state index contributed by atoms with van der Waals surface area (Å²) in [6.07, 6.45) is -0.441. The third-order valence-corrected chi connectivity index (χ3v) is 4.57. The molecule has 3 N–H and O–H groups in total. The molecule has 7 heteroatoms. The van der Waals surface area contributed by atoms with Gasteiger partial charge < -0.3 is 10.4 Å². The number of halogens is 1. The highest BCUT2D eigenvalue weighted by Gasteiger charge is 2.16. The molecule has 0 saturated carbocycles. The smallest absolute Gasteiger partial charge is 0.240 e. The summed E-state index contributed by atoms with van der Waals surface area (Å²) < 4.78 is 27.4. The van der Waals surface area contributed by atoms with Crippen LogP contribution < -0.4 is 10.0 Å². The van der Waals surface area contributed by atoms with Crippen molar-refractivity contribution in [2.24, 2.45) is 0 Å². The molecular weight excluding hydrogens is 332 g/mol. The van der Waals surface area contributed by atoms with Gasteiger partial charge in [-0.2, -0.15) is 0 Å². The van der Waals surface area contributed by atoms with Crippen LogP contribution in [0.3, 0.4) is 0 Å². The summed E-state index contributed by atoms with van der Waals surface area (Å²) in [5.41, 5.74) is 0.702. The fraction of sp³-hybridized carbons (Fsp3) is 0.500. The average molecular weight is 351 g/mol. The van der Waals surface area contributed by atoms with Gasteiger partial charge in [-0.25, -0.2) is 13.1 Å². The predicted octanol–water partition coefficient (Wildman–Crippen LogP) is 1.01. The summed E-state index contributed by atoms with van der Waals surface area (Å²) in [5, 5.41) is 12.0. The standard InChI is InChI=1S/C12H19BrN2O3S/c1-9-3-4-11(13)7-12(9)19(17,18)15-6-5-14-8-10(2)16/h3-4,7,10,14-16H,5-6,8H2,1-2H3. The summed E-state index contributed by atoms with van der Waals surface area (Å²) in [6, 6.07) is 5.14. The van der Waals surface area contributed by atoms with Crippen LogP contribution in [0.4, 0.5) is 0 Å². The predicted molar refractivity (Wildman–Crippen MR) is 78.6 cm³/mol. The number of benzene rings is 1. The number of aliphatic hydroxyl groups is 1. The van der Waals surface area contributed by atoms with Gasteiger partial charge in [0.05, 0.1) is 11.0 Å². The van der Waals surface area contributed by atoms with Crippen molar-refractivity contribution in [1.29, 1.82) is 0 Å². The average Bonchev–Trinajstić information content (AvgIpc) is 2.31. The van der Waals surface area contributed by atoms with E-state index in [4.69, 9.17) is 5.11 Å². The number of sulfonamides is 1. The highest BCUT2D eigenvalue weighted by molar-refractivity contribution is 9.10. The van der Waals surface area contributed by atoms with Crippen molar-refractivity contribution in [3.05, 3.63) is 28.2 Å². The van der Waals surface area contributed by atoms with E-state index >= 15 is 0 Å². The zero-order chi connectivity index (χ0) is 14.5. The number of aliphatic hydroxyl groups excluding tert-OH is 1. The monoisotopic (exact) mass is 350 g/mol. The van der Waals surface area contributed by atoms with Crippen LogP contribution in [0.15, 0.2) is 27.6 Å². The first-order chi connectivity index (χ1) is 8.83. The van der Waals surface area contributed by atoms with Crippen molar-refractivity contribution in [1.82, 2.24) is 10.0 Å². The van der Waals surface area contributed by atoms with E-state index in [1.807, 2.05) is 0 Å². The quantitative estimate of drug-likeness (QED) is 0.641. The van der Waals surface area contributed by atoms with E-state index in [9.17, 15) is 8.42 Å². The molecule has 0 aliphatic carbocycles. The van der Waals surface area contributed by atoms with E-state index in [2.05, 4.69) is 26.0 Å². The molecule has 5 nitrogen and oxygen atoms in total. The molecule has 0 aliphatic rings. The molecule has 0 amide bonds. The Bertz CT molecular complexity index is 518. The van der Waals surface area contributed by atoms with E-state index in [-0.39, 0.29) is 11.4 Å². The summed E-state index contributed by atoms with van der Waals surface area (Å²) in [6.45, 7) is 4.62. The summed E-state index contributed by atoms with van der Waals surface area (Å²) in [7, 11) is -3.50. The molecule has 19 heavy (non-hydrogen) atoms. The van der Waals surface area contributed by atoms with E-state index in [0.29, 0.717) is 18.7 Å². The van der Waals surface area contributed by atoms with Gasteiger partial charge in [-0.1, -0.05) is 22.0 Å². The Labute approximate surface area is 122 Å². The molecule has 0 heterocycles. The molecule has 0 fully saturated rings. The van der Waals surface area contributed by atoms with Crippen LogP contribution in [0.25, 0.3) is 0 Å². The lowest BCUT2D eigenvalue weighted by atomic mass is 10.2. The number of hydrogen-bond donors (Lipinski definition) is 3. The molecule has 0 saturated heterocycles. The van der Waals surface area contributed by atoms with E-state index in [1.54, 1.807) is 32.0 Å². The van der Waals surface area contributed by atoms with Crippen LogP contribution >= 0.6 is 15.9 Å². The van der Waals surface area contributed by atoms with E-state index in [0.717, 1.165) is 4.47 Å². The van der Waals surface area contributed by atoms with Crippen molar-refractivity contribution in [3.63, 3.8) is 0 Å². The maximum absolute atomic E-state index is 12.1. The van der Waals surface area contributed by atoms with Gasteiger partial charge in [0.15, 0.2) is 0 Å². The van der Waals surface area contributed by atoms with Crippen LogP contribution in [0.2, 0.25) is 0 Å². The number of aryl methyl sites for hydroxylation is 1. The molecule has 0 aliphatic heterocycles. The minimum absolute atomic E-state index is 0.275. The lowest BCUT2D eigenvalue weighted by Gasteiger charge is -2.11.